The van der Waals surface area contributed by atoms with Crippen molar-refractivity contribution in [1.29, 1.82) is 0 Å². The zero-order chi connectivity index (χ0) is 25.7. The SMILES string of the molecule is CC.Cc1ccc(NCC(=O)NCc2ccc3c(c2)CN(C2CCC(=O)N(C)C2=O)C3=O)cc1Cl. The van der Waals surface area contributed by atoms with E-state index < -0.39 is 6.04 Å². The van der Waals surface area contributed by atoms with Crippen LogP contribution in [0.25, 0.3) is 0 Å². The molecule has 4 rings (SSSR count). The van der Waals surface area contributed by atoms with E-state index >= 15 is 0 Å². The lowest BCUT2D eigenvalue weighted by Gasteiger charge is -2.33. The minimum Gasteiger partial charge on any atom is -0.376 e. The van der Waals surface area contributed by atoms with Crippen LogP contribution in [0, 0.1) is 6.92 Å². The van der Waals surface area contributed by atoms with Crippen LogP contribution in [0.5, 0.6) is 0 Å². The van der Waals surface area contributed by atoms with Gasteiger partial charge in [0.05, 0.1) is 6.54 Å². The highest BCUT2D eigenvalue weighted by atomic mass is 35.5. The number of rotatable bonds is 6. The molecule has 2 aliphatic heterocycles. The van der Waals surface area contributed by atoms with E-state index in [-0.39, 0.29) is 36.6 Å². The van der Waals surface area contributed by atoms with Crippen LogP contribution in [0.15, 0.2) is 36.4 Å². The normalized spacial score (nSPS) is 17.1. The second-order valence-electron chi connectivity index (χ2n) is 8.36. The predicted octanol–water partition coefficient (Wildman–Crippen LogP) is 3.51. The molecule has 8 nitrogen and oxygen atoms in total. The molecule has 0 bridgehead atoms. The van der Waals surface area contributed by atoms with Crippen molar-refractivity contribution in [3.63, 3.8) is 0 Å². The number of carbonyl (C=O) groups excluding carboxylic acids is 4. The second kappa shape index (κ2) is 11.4. The number of piperidine rings is 1. The molecule has 35 heavy (non-hydrogen) atoms. The molecule has 0 radical (unpaired) electrons. The van der Waals surface area contributed by atoms with Gasteiger partial charge in [-0.15, -0.1) is 0 Å². The molecular weight excluding hydrogens is 468 g/mol. The Hall–Kier alpha value is -3.39. The van der Waals surface area contributed by atoms with Crippen LogP contribution in [0.4, 0.5) is 5.69 Å². The molecule has 2 aromatic carbocycles. The number of amides is 4. The zero-order valence-electron chi connectivity index (χ0n) is 20.5. The predicted molar refractivity (Wildman–Crippen MR) is 135 cm³/mol. The first-order chi connectivity index (χ1) is 16.7. The highest BCUT2D eigenvalue weighted by Gasteiger charge is 2.41. The summed E-state index contributed by atoms with van der Waals surface area (Å²) in [5.41, 5.74) is 3.95. The van der Waals surface area contributed by atoms with Crippen molar-refractivity contribution in [2.45, 2.75) is 52.7 Å². The van der Waals surface area contributed by atoms with Gasteiger partial charge in [-0.05, 0) is 48.2 Å². The Labute approximate surface area is 210 Å². The highest BCUT2D eigenvalue weighted by Crippen LogP contribution is 2.29. The number of nitrogens with zero attached hydrogens (tertiary/aromatic N) is 2. The number of fused-ring (bicyclic) bond motifs is 1. The van der Waals surface area contributed by atoms with Crippen LogP contribution in [-0.4, -0.2) is 53.1 Å². The maximum atomic E-state index is 12.9. The largest absolute Gasteiger partial charge is 0.376 e. The molecule has 1 fully saturated rings. The summed E-state index contributed by atoms with van der Waals surface area (Å²) in [5.74, 6) is -0.950. The monoisotopic (exact) mass is 498 g/mol. The molecule has 0 aromatic heterocycles. The van der Waals surface area contributed by atoms with Gasteiger partial charge in [-0.3, -0.25) is 24.1 Å². The van der Waals surface area contributed by atoms with Crippen molar-refractivity contribution in [3.05, 3.63) is 63.7 Å². The van der Waals surface area contributed by atoms with Gasteiger partial charge in [0.25, 0.3) is 11.8 Å². The first-order valence-corrected chi connectivity index (χ1v) is 12.1. The maximum Gasteiger partial charge on any atom is 0.255 e. The van der Waals surface area contributed by atoms with E-state index in [1.807, 2.05) is 39.0 Å². The van der Waals surface area contributed by atoms with E-state index in [2.05, 4.69) is 10.6 Å². The highest BCUT2D eigenvalue weighted by molar-refractivity contribution is 6.31. The topological polar surface area (TPSA) is 98.8 Å². The third-order valence-corrected chi connectivity index (χ3v) is 6.52. The van der Waals surface area contributed by atoms with Gasteiger partial charge < -0.3 is 15.5 Å². The summed E-state index contributed by atoms with van der Waals surface area (Å²) in [5, 5.41) is 6.53. The number of carbonyl (C=O) groups is 4. The Bertz CT molecular complexity index is 1150. The quantitative estimate of drug-likeness (QED) is 0.594. The average molecular weight is 499 g/mol. The number of benzene rings is 2. The molecule has 2 aliphatic rings. The number of hydrogen-bond donors (Lipinski definition) is 2. The molecule has 1 unspecified atom stereocenters. The van der Waals surface area contributed by atoms with Gasteiger partial charge in [0, 0.05) is 42.8 Å². The fraction of sp³-hybridized carbons (Fsp3) is 0.385. The first-order valence-electron chi connectivity index (χ1n) is 11.7. The number of likely N-dealkylation sites (N-methyl/N-ethyl adjacent to an activating group) is 1. The van der Waals surface area contributed by atoms with Gasteiger partial charge in [-0.25, -0.2) is 0 Å². The third-order valence-electron chi connectivity index (χ3n) is 6.11. The van der Waals surface area contributed by atoms with E-state index in [9.17, 15) is 19.2 Å². The number of halogens is 1. The number of nitrogens with one attached hydrogen (secondary N) is 2. The van der Waals surface area contributed by atoms with Gasteiger partial charge in [0.2, 0.25) is 11.8 Å². The van der Waals surface area contributed by atoms with Crippen LogP contribution < -0.4 is 10.6 Å². The minimum absolute atomic E-state index is 0.104. The Morgan fingerprint density at radius 1 is 1.11 bits per heavy atom. The molecule has 2 aromatic rings. The van der Waals surface area contributed by atoms with Crippen LogP contribution in [0.3, 0.4) is 0 Å². The number of anilines is 1. The van der Waals surface area contributed by atoms with Crippen LogP contribution in [0.1, 0.15) is 53.7 Å². The molecular formula is C26H31ClN4O4. The second-order valence-corrected chi connectivity index (χ2v) is 8.77. The van der Waals surface area contributed by atoms with Gasteiger partial charge in [0.15, 0.2) is 0 Å². The molecule has 1 saturated heterocycles. The Balaban J connectivity index is 0.00000167. The van der Waals surface area contributed by atoms with E-state index in [0.29, 0.717) is 30.1 Å². The Morgan fingerprint density at radius 2 is 1.86 bits per heavy atom. The van der Waals surface area contributed by atoms with Crippen LogP contribution in [0.2, 0.25) is 5.02 Å². The molecule has 2 heterocycles. The summed E-state index contributed by atoms with van der Waals surface area (Å²) in [7, 11) is 1.45. The van der Waals surface area contributed by atoms with Gasteiger partial charge >= 0.3 is 0 Å². The van der Waals surface area contributed by atoms with E-state index in [0.717, 1.165) is 27.3 Å². The van der Waals surface area contributed by atoms with Gasteiger partial charge in [0.1, 0.15) is 6.04 Å². The summed E-state index contributed by atoms with van der Waals surface area (Å²) >= 11 is 6.10. The fourth-order valence-corrected chi connectivity index (χ4v) is 4.27. The van der Waals surface area contributed by atoms with Crippen LogP contribution in [-0.2, 0) is 27.5 Å². The summed E-state index contributed by atoms with van der Waals surface area (Å²) in [4.78, 5) is 52.0. The number of aryl methyl sites for hydroxylation is 1. The van der Waals surface area contributed by atoms with Crippen molar-refractivity contribution in [2.75, 3.05) is 18.9 Å². The lowest BCUT2D eigenvalue weighted by Crippen LogP contribution is -2.53. The summed E-state index contributed by atoms with van der Waals surface area (Å²) in [6.07, 6.45) is 0.580. The molecule has 4 amide bonds. The molecule has 2 N–H and O–H groups in total. The van der Waals surface area contributed by atoms with Crippen molar-refractivity contribution in [1.82, 2.24) is 15.1 Å². The molecule has 0 aliphatic carbocycles. The lowest BCUT2D eigenvalue weighted by molar-refractivity contribution is -0.150. The molecule has 186 valence electrons. The maximum absolute atomic E-state index is 12.9. The van der Waals surface area contributed by atoms with E-state index in [1.165, 1.54) is 11.9 Å². The van der Waals surface area contributed by atoms with Crippen molar-refractivity contribution in [2.24, 2.45) is 0 Å². The zero-order valence-corrected chi connectivity index (χ0v) is 21.2. The minimum atomic E-state index is -0.628. The third kappa shape index (κ3) is 5.82. The smallest absolute Gasteiger partial charge is 0.255 e. The Kier molecular flexibility index (Phi) is 8.51. The molecule has 9 heteroatoms. The fourth-order valence-electron chi connectivity index (χ4n) is 4.09. The van der Waals surface area contributed by atoms with Crippen LogP contribution >= 0.6 is 11.6 Å². The molecule has 1 atom stereocenters. The van der Waals surface area contributed by atoms with Crippen molar-refractivity contribution in [3.8, 4) is 0 Å². The standard InChI is InChI=1S/C24H25ClN4O4.C2H6/c1-14-3-5-17(10-19(14)25)26-12-21(30)27-11-15-4-6-18-16(9-15)13-29(23(18)32)20-7-8-22(31)28(2)24(20)33;1-2/h3-6,9-10,20,26H,7-8,11-13H2,1-2H3,(H,27,30);1-2H3. The first kappa shape index (κ1) is 26.2. The van der Waals surface area contributed by atoms with E-state index in [1.54, 1.807) is 18.2 Å². The summed E-state index contributed by atoms with van der Waals surface area (Å²) in [6, 6.07) is 10.3. The lowest BCUT2D eigenvalue weighted by atomic mass is 10.0. The Morgan fingerprint density at radius 3 is 2.57 bits per heavy atom. The molecule has 0 spiro atoms. The number of hydrogen-bond acceptors (Lipinski definition) is 5. The summed E-state index contributed by atoms with van der Waals surface area (Å²) in [6.45, 7) is 6.64. The summed E-state index contributed by atoms with van der Waals surface area (Å²) < 4.78 is 0. The average Bonchev–Trinajstić information content (AvgIpc) is 3.18. The van der Waals surface area contributed by atoms with Gasteiger partial charge in [-0.2, -0.15) is 0 Å². The number of likely N-dealkylation sites (tertiary alicyclic amines) is 1. The van der Waals surface area contributed by atoms with E-state index in [4.69, 9.17) is 11.6 Å². The molecule has 0 saturated carbocycles. The van der Waals surface area contributed by atoms with Crippen molar-refractivity contribution < 1.29 is 19.2 Å². The van der Waals surface area contributed by atoms with Gasteiger partial charge in [-0.1, -0.05) is 43.6 Å². The van der Waals surface area contributed by atoms with Crippen molar-refractivity contribution >= 4 is 40.9 Å². The number of imide groups is 1.